The summed E-state index contributed by atoms with van der Waals surface area (Å²) in [6.07, 6.45) is 2.02. The summed E-state index contributed by atoms with van der Waals surface area (Å²) in [7, 11) is 0. The standard InChI is InChI=1S/C46H32N4O2/c51-45(34-14-4-1-5-15-34)37-20-10-11-21-38(37)46(52,35-16-6-2-7-17-35)43-42(45)48-41-29-28-33(30-49(41)43)31-24-26-32(27-25-31)44-47-39-22-12-13-23-40(39)50(44)36-18-8-3-9-19-36/h1-30,51-52H. The molecule has 0 amide bonds. The number of aromatic nitrogens is 4. The van der Waals surface area contributed by atoms with Gasteiger partial charge in [-0.15, -0.1) is 0 Å². The Hall–Kier alpha value is -6.60. The number of imidazole rings is 2. The van der Waals surface area contributed by atoms with Crippen molar-refractivity contribution < 1.29 is 10.2 Å². The van der Waals surface area contributed by atoms with Gasteiger partial charge in [0.25, 0.3) is 0 Å². The number of aliphatic hydroxyl groups is 2. The lowest BCUT2D eigenvalue weighted by Gasteiger charge is -2.42. The lowest BCUT2D eigenvalue weighted by Crippen LogP contribution is -2.44. The lowest BCUT2D eigenvalue weighted by molar-refractivity contribution is 0.0687. The van der Waals surface area contributed by atoms with Gasteiger partial charge < -0.3 is 10.2 Å². The van der Waals surface area contributed by atoms with Crippen molar-refractivity contribution in [2.45, 2.75) is 11.2 Å². The minimum absolute atomic E-state index is 0.399. The minimum Gasteiger partial charge on any atom is -0.374 e. The first kappa shape index (κ1) is 30.2. The Morgan fingerprint density at radius 3 is 1.69 bits per heavy atom. The maximum Gasteiger partial charge on any atom is 0.159 e. The van der Waals surface area contributed by atoms with Gasteiger partial charge in [0.05, 0.1) is 16.7 Å². The molecule has 0 aliphatic heterocycles. The molecule has 0 fully saturated rings. The molecule has 52 heavy (non-hydrogen) atoms. The molecule has 2 unspecified atom stereocenters. The molecule has 0 saturated heterocycles. The Balaban J connectivity index is 1.16. The second kappa shape index (κ2) is 11.5. The van der Waals surface area contributed by atoms with Crippen molar-refractivity contribution in [2.75, 3.05) is 0 Å². The Morgan fingerprint density at radius 2 is 1.00 bits per heavy atom. The van der Waals surface area contributed by atoms with Gasteiger partial charge in [0.15, 0.2) is 11.2 Å². The van der Waals surface area contributed by atoms with Crippen molar-refractivity contribution >= 4 is 16.7 Å². The van der Waals surface area contributed by atoms with Gasteiger partial charge in [0.2, 0.25) is 0 Å². The Labute approximate surface area is 300 Å². The molecule has 0 bridgehead atoms. The normalized spacial score (nSPS) is 18.0. The van der Waals surface area contributed by atoms with Crippen molar-refractivity contribution in [1.29, 1.82) is 0 Å². The molecule has 10 rings (SSSR count). The highest BCUT2D eigenvalue weighted by Gasteiger charge is 2.54. The van der Waals surface area contributed by atoms with Gasteiger partial charge in [-0.05, 0) is 58.7 Å². The highest BCUT2D eigenvalue weighted by Crippen LogP contribution is 2.53. The number of rotatable bonds is 5. The lowest BCUT2D eigenvalue weighted by atomic mass is 9.67. The molecule has 1 aliphatic carbocycles. The summed E-state index contributed by atoms with van der Waals surface area (Å²) in [5, 5.41) is 26.1. The molecule has 2 N–H and O–H groups in total. The van der Waals surface area contributed by atoms with Crippen molar-refractivity contribution in [3.05, 3.63) is 216 Å². The van der Waals surface area contributed by atoms with Crippen LogP contribution < -0.4 is 0 Å². The molecule has 3 heterocycles. The number of hydrogen-bond acceptors (Lipinski definition) is 4. The van der Waals surface area contributed by atoms with Crippen LogP contribution in [0.25, 0.3) is 44.9 Å². The molecule has 6 nitrogen and oxygen atoms in total. The number of hydrogen-bond donors (Lipinski definition) is 2. The third-order valence-electron chi connectivity index (χ3n) is 10.4. The molecule has 9 aromatic rings. The van der Waals surface area contributed by atoms with Crippen LogP contribution in [0.3, 0.4) is 0 Å². The number of benzene rings is 6. The first-order valence-electron chi connectivity index (χ1n) is 17.4. The number of fused-ring (bicyclic) bond motifs is 5. The maximum atomic E-state index is 13.1. The van der Waals surface area contributed by atoms with Gasteiger partial charge >= 0.3 is 0 Å². The molecule has 248 valence electrons. The monoisotopic (exact) mass is 672 g/mol. The summed E-state index contributed by atoms with van der Waals surface area (Å²) in [5.74, 6) is 0.866. The summed E-state index contributed by atoms with van der Waals surface area (Å²) >= 11 is 0. The molecule has 6 heteroatoms. The zero-order chi connectivity index (χ0) is 34.9. The Bertz CT molecular complexity index is 2760. The van der Waals surface area contributed by atoms with Crippen LogP contribution in [0.4, 0.5) is 0 Å². The van der Waals surface area contributed by atoms with Crippen LogP contribution in [-0.2, 0) is 11.2 Å². The van der Waals surface area contributed by atoms with E-state index < -0.39 is 11.2 Å². The van der Waals surface area contributed by atoms with Crippen LogP contribution in [0, 0.1) is 0 Å². The summed E-state index contributed by atoms with van der Waals surface area (Å²) in [5.41, 5.74) is 6.86. The molecule has 0 spiro atoms. The van der Waals surface area contributed by atoms with E-state index in [-0.39, 0.29) is 0 Å². The first-order chi connectivity index (χ1) is 25.5. The molecule has 0 saturated carbocycles. The van der Waals surface area contributed by atoms with Gasteiger partial charge in [-0.3, -0.25) is 8.97 Å². The molecule has 0 radical (unpaired) electrons. The SMILES string of the molecule is OC1(c2ccccc2)c2ccccc2C(O)(c2ccccc2)c2c1nc1ccc(-c3ccc(-c4nc5ccccc5n4-c4ccccc4)cc3)cn21. The average molecular weight is 673 g/mol. The van der Waals surface area contributed by atoms with Crippen LogP contribution in [0.1, 0.15) is 33.6 Å². The quantitative estimate of drug-likeness (QED) is 0.192. The number of nitrogens with zero attached hydrogens (tertiary/aromatic N) is 4. The fraction of sp³-hybridized carbons (Fsp3) is 0.0435. The van der Waals surface area contributed by atoms with Crippen molar-refractivity contribution in [3.63, 3.8) is 0 Å². The predicted molar refractivity (Wildman–Crippen MR) is 204 cm³/mol. The molecular weight excluding hydrogens is 641 g/mol. The van der Waals surface area contributed by atoms with Crippen molar-refractivity contribution in [1.82, 2.24) is 18.9 Å². The van der Waals surface area contributed by atoms with E-state index in [2.05, 4.69) is 47.0 Å². The third-order valence-corrected chi connectivity index (χ3v) is 10.4. The largest absolute Gasteiger partial charge is 0.374 e. The van der Waals surface area contributed by atoms with E-state index in [0.29, 0.717) is 39.3 Å². The highest BCUT2D eigenvalue weighted by atomic mass is 16.3. The fourth-order valence-electron chi connectivity index (χ4n) is 8.00. The van der Waals surface area contributed by atoms with E-state index in [9.17, 15) is 10.2 Å². The van der Waals surface area contributed by atoms with Crippen LogP contribution in [0.2, 0.25) is 0 Å². The van der Waals surface area contributed by atoms with E-state index in [0.717, 1.165) is 39.2 Å². The summed E-state index contributed by atoms with van der Waals surface area (Å²) in [4.78, 5) is 10.1. The van der Waals surface area contributed by atoms with E-state index in [1.54, 1.807) is 0 Å². The second-order valence-corrected chi connectivity index (χ2v) is 13.3. The van der Waals surface area contributed by atoms with Crippen LogP contribution in [-0.4, -0.2) is 29.1 Å². The Morgan fingerprint density at radius 1 is 0.462 bits per heavy atom. The minimum atomic E-state index is -1.60. The second-order valence-electron chi connectivity index (χ2n) is 13.3. The smallest absolute Gasteiger partial charge is 0.159 e. The van der Waals surface area contributed by atoms with Crippen molar-refractivity contribution in [3.8, 4) is 28.2 Å². The molecule has 1 aliphatic rings. The van der Waals surface area contributed by atoms with Gasteiger partial charge in [0.1, 0.15) is 17.2 Å². The average Bonchev–Trinajstić information content (AvgIpc) is 3.81. The molecule has 3 aromatic heterocycles. The van der Waals surface area contributed by atoms with Crippen LogP contribution >= 0.6 is 0 Å². The van der Waals surface area contributed by atoms with E-state index in [1.807, 2.05) is 144 Å². The van der Waals surface area contributed by atoms with Crippen LogP contribution in [0.15, 0.2) is 182 Å². The van der Waals surface area contributed by atoms with Gasteiger partial charge in [-0.2, -0.15) is 0 Å². The van der Waals surface area contributed by atoms with E-state index in [1.165, 1.54) is 0 Å². The van der Waals surface area contributed by atoms with Gasteiger partial charge in [-0.1, -0.05) is 140 Å². The number of para-hydroxylation sites is 3. The van der Waals surface area contributed by atoms with E-state index in [4.69, 9.17) is 9.97 Å². The summed E-state index contributed by atoms with van der Waals surface area (Å²) in [6, 6.07) is 57.8. The van der Waals surface area contributed by atoms with E-state index >= 15 is 0 Å². The number of pyridine rings is 1. The van der Waals surface area contributed by atoms with Gasteiger partial charge in [0, 0.05) is 28.6 Å². The predicted octanol–water partition coefficient (Wildman–Crippen LogP) is 8.89. The Kier molecular flexibility index (Phi) is 6.67. The summed E-state index contributed by atoms with van der Waals surface area (Å²) < 4.78 is 4.15. The molecule has 2 atom stereocenters. The molecule has 6 aromatic carbocycles. The zero-order valence-electron chi connectivity index (χ0n) is 28.0. The zero-order valence-corrected chi connectivity index (χ0v) is 28.0. The topological polar surface area (TPSA) is 75.6 Å². The fourth-order valence-corrected chi connectivity index (χ4v) is 8.00. The first-order valence-corrected chi connectivity index (χ1v) is 17.4. The van der Waals surface area contributed by atoms with Crippen molar-refractivity contribution in [2.24, 2.45) is 0 Å². The highest BCUT2D eigenvalue weighted by molar-refractivity contribution is 5.83. The maximum absolute atomic E-state index is 13.1. The third kappa shape index (κ3) is 4.32. The molecular formula is C46H32N4O2. The summed E-state index contributed by atoms with van der Waals surface area (Å²) in [6.45, 7) is 0. The van der Waals surface area contributed by atoms with Crippen LogP contribution in [0.5, 0.6) is 0 Å². The van der Waals surface area contributed by atoms with Gasteiger partial charge in [-0.25, -0.2) is 9.97 Å².